The minimum absolute atomic E-state index is 0.0822. The number of hydrogen-bond acceptors (Lipinski definition) is 5. The van der Waals surface area contributed by atoms with Gasteiger partial charge < -0.3 is 15.4 Å². The summed E-state index contributed by atoms with van der Waals surface area (Å²) >= 11 is 0. The van der Waals surface area contributed by atoms with Crippen LogP contribution in [0.4, 0.5) is 11.4 Å². The number of sulfonamides is 1. The van der Waals surface area contributed by atoms with E-state index in [1.807, 2.05) is 36.4 Å². The van der Waals surface area contributed by atoms with Crippen LogP contribution in [0.3, 0.4) is 0 Å². The molecule has 3 aromatic carbocycles. The molecule has 8 heteroatoms. The summed E-state index contributed by atoms with van der Waals surface area (Å²) in [4.78, 5) is 13.0. The van der Waals surface area contributed by atoms with Crippen molar-refractivity contribution < 1.29 is 17.9 Å². The van der Waals surface area contributed by atoms with Gasteiger partial charge in [0, 0.05) is 25.7 Å². The van der Waals surface area contributed by atoms with Crippen molar-refractivity contribution in [3.63, 3.8) is 0 Å². The van der Waals surface area contributed by atoms with E-state index in [1.54, 1.807) is 24.3 Å². The molecule has 0 saturated carbocycles. The highest BCUT2D eigenvalue weighted by Gasteiger charge is 2.32. The summed E-state index contributed by atoms with van der Waals surface area (Å²) in [7, 11) is -3.77. The average molecular weight is 450 g/mol. The summed E-state index contributed by atoms with van der Waals surface area (Å²) < 4.78 is 34.5. The highest BCUT2D eigenvalue weighted by Crippen LogP contribution is 2.40. The number of amides is 1. The number of nitrogens with zero attached hydrogens (tertiary/aromatic N) is 1. The molecular formula is C24H23N3O4S. The van der Waals surface area contributed by atoms with Gasteiger partial charge in [-0.2, -0.15) is 4.31 Å². The van der Waals surface area contributed by atoms with Crippen LogP contribution < -0.4 is 15.4 Å². The molecule has 0 spiro atoms. The molecule has 5 rings (SSSR count). The van der Waals surface area contributed by atoms with Crippen molar-refractivity contribution in [2.75, 3.05) is 23.7 Å². The Bertz CT molecular complexity index is 1270. The highest BCUT2D eigenvalue weighted by atomic mass is 32.2. The second-order valence-electron chi connectivity index (χ2n) is 7.85. The molecule has 2 N–H and O–H groups in total. The van der Waals surface area contributed by atoms with Gasteiger partial charge in [0.25, 0.3) is 5.91 Å². The predicted octanol–water partition coefficient (Wildman–Crippen LogP) is 4.44. The van der Waals surface area contributed by atoms with Crippen LogP contribution in [0.25, 0.3) is 0 Å². The van der Waals surface area contributed by atoms with Gasteiger partial charge in [0.1, 0.15) is 10.6 Å². The maximum atomic E-state index is 13.5. The van der Waals surface area contributed by atoms with Gasteiger partial charge in [0.15, 0.2) is 5.75 Å². The third-order valence-corrected chi connectivity index (χ3v) is 7.63. The first-order chi connectivity index (χ1) is 15.5. The van der Waals surface area contributed by atoms with Crippen molar-refractivity contribution in [1.29, 1.82) is 0 Å². The number of hydrogen-bond donors (Lipinski definition) is 2. The molecule has 32 heavy (non-hydrogen) atoms. The lowest BCUT2D eigenvalue weighted by atomic mass is 10.1. The maximum absolute atomic E-state index is 13.5. The van der Waals surface area contributed by atoms with Crippen molar-refractivity contribution in [2.45, 2.75) is 24.3 Å². The van der Waals surface area contributed by atoms with Crippen LogP contribution in [-0.2, 0) is 16.6 Å². The quantitative estimate of drug-likeness (QED) is 0.601. The van der Waals surface area contributed by atoms with Gasteiger partial charge in [-0.25, -0.2) is 8.42 Å². The number of rotatable bonds is 5. The number of anilines is 2. The summed E-state index contributed by atoms with van der Waals surface area (Å²) in [6, 6.07) is 19.9. The molecule has 0 bridgehead atoms. The molecule has 0 unspecified atom stereocenters. The lowest BCUT2D eigenvalue weighted by Crippen LogP contribution is -2.29. The fourth-order valence-corrected chi connectivity index (χ4v) is 5.69. The summed E-state index contributed by atoms with van der Waals surface area (Å²) in [6.07, 6.45) is 1.66. The van der Waals surface area contributed by atoms with Gasteiger partial charge in [-0.1, -0.05) is 42.5 Å². The zero-order valence-electron chi connectivity index (χ0n) is 17.4. The summed E-state index contributed by atoms with van der Waals surface area (Å²) in [5, 5.41) is 6.06. The molecular weight excluding hydrogens is 426 g/mol. The van der Waals surface area contributed by atoms with E-state index in [-0.39, 0.29) is 10.5 Å². The normalized spacial score (nSPS) is 15.8. The van der Waals surface area contributed by atoms with Crippen molar-refractivity contribution in [2.24, 2.45) is 0 Å². The zero-order chi connectivity index (χ0) is 22.1. The molecule has 2 heterocycles. The monoisotopic (exact) mass is 449 g/mol. The minimum Gasteiger partial charge on any atom is -0.454 e. The first-order valence-corrected chi connectivity index (χ1v) is 12.0. The van der Waals surface area contributed by atoms with Crippen LogP contribution >= 0.6 is 0 Å². The van der Waals surface area contributed by atoms with Crippen molar-refractivity contribution >= 4 is 27.3 Å². The van der Waals surface area contributed by atoms with Gasteiger partial charge in [0.05, 0.1) is 16.9 Å². The van der Waals surface area contributed by atoms with E-state index in [9.17, 15) is 13.2 Å². The topological polar surface area (TPSA) is 87.7 Å². The summed E-state index contributed by atoms with van der Waals surface area (Å²) in [5.74, 6) is 0.407. The zero-order valence-corrected chi connectivity index (χ0v) is 18.2. The van der Waals surface area contributed by atoms with Crippen LogP contribution in [0.2, 0.25) is 0 Å². The molecule has 1 saturated heterocycles. The standard InChI is InChI=1S/C24H23N3O4S/c28-24-18-14-23(32(29,30)27-12-6-7-13-27)20(25-16-17-8-2-1-3-9-17)15-22(18)31-21-11-5-4-10-19(21)26-24/h1-5,8-11,14-15,25H,6-7,12-13,16H2,(H,26,28). The van der Waals surface area contributed by atoms with E-state index in [1.165, 1.54) is 10.4 Å². The largest absolute Gasteiger partial charge is 0.454 e. The number of carbonyl (C=O) groups excluding carboxylic acids is 1. The molecule has 2 aliphatic rings. The molecule has 7 nitrogen and oxygen atoms in total. The Labute approximate surface area is 187 Å². The van der Waals surface area contributed by atoms with Gasteiger partial charge in [-0.15, -0.1) is 0 Å². The van der Waals surface area contributed by atoms with Crippen molar-refractivity contribution in [1.82, 2.24) is 4.31 Å². The Kier molecular flexibility index (Phi) is 5.32. The van der Waals surface area contributed by atoms with E-state index < -0.39 is 15.9 Å². The average Bonchev–Trinajstić information content (AvgIpc) is 3.31. The lowest BCUT2D eigenvalue weighted by Gasteiger charge is -2.20. The van der Waals surface area contributed by atoms with Crippen LogP contribution in [0.15, 0.2) is 71.6 Å². The molecule has 3 aromatic rings. The molecule has 2 aliphatic heterocycles. The second kappa shape index (κ2) is 8.29. The molecule has 0 aromatic heterocycles. The third-order valence-electron chi connectivity index (χ3n) is 5.69. The first-order valence-electron chi connectivity index (χ1n) is 10.6. The minimum atomic E-state index is -3.77. The first kappa shape index (κ1) is 20.5. The van der Waals surface area contributed by atoms with Gasteiger partial charge in [0.2, 0.25) is 10.0 Å². The fraction of sp³-hybridized carbons (Fsp3) is 0.208. The molecule has 0 atom stereocenters. The highest BCUT2D eigenvalue weighted by molar-refractivity contribution is 7.89. The number of carbonyl (C=O) groups is 1. The molecule has 0 aliphatic carbocycles. The smallest absolute Gasteiger partial charge is 0.259 e. The Morgan fingerprint density at radius 1 is 0.938 bits per heavy atom. The summed E-state index contributed by atoms with van der Waals surface area (Å²) in [6.45, 7) is 1.39. The molecule has 164 valence electrons. The van der Waals surface area contributed by atoms with Crippen LogP contribution in [-0.4, -0.2) is 31.7 Å². The van der Waals surface area contributed by atoms with E-state index in [0.717, 1.165) is 18.4 Å². The van der Waals surface area contributed by atoms with E-state index in [2.05, 4.69) is 10.6 Å². The number of fused-ring (bicyclic) bond motifs is 2. The maximum Gasteiger partial charge on any atom is 0.259 e. The van der Waals surface area contributed by atoms with Crippen molar-refractivity contribution in [3.8, 4) is 11.5 Å². The predicted molar refractivity (Wildman–Crippen MR) is 123 cm³/mol. The van der Waals surface area contributed by atoms with Crippen LogP contribution in [0.1, 0.15) is 28.8 Å². The number of para-hydroxylation sites is 2. The van der Waals surface area contributed by atoms with Gasteiger partial charge in [-0.05, 0) is 36.6 Å². The van der Waals surface area contributed by atoms with E-state index >= 15 is 0 Å². The van der Waals surface area contributed by atoms with Crippen LogP contribution in [0, 0.1) is 0 Å². The van der Waals surface area contributed by atoms with Gasteiger partial charge in [-0.3, -0.25) is 4.79 Å². The molecule has 0 radical (unpaired) electrons. The van der Waals surface area contributed by atoms with E-state index in [4.69, 9.17) is 4.74 Å². The van der Waals surface area contributed by atoms with Crippen LogP contribution in [0.5, 0.6) is 11.5 Å². The Morgan fingerprint density at radius 3 is 2.44 bits per heavy atom. The Balaban J connectivity index is 1.60. The Hall–Kier alpha value is -3.36. The number of ether oxygens (including phenoxy) is 1. The van der Waals surface area contributed by atoms with Gasteiger partial charge >= 0.3 is 0 Å². The summed E-state index contributed by atoms with van der Waals surface area (Å²) in [5.41, 5.74) is 2.14. The number of nitrogens with one attached hydrogen (secondary N) is 2. The third kappa shape index (κ3) is 3.83. The fourth-order valence-electron chi connectivity index (χ4n) is 4.00. The molecule has 1 fully saturated rings. The number of benzene rings is 3. The SMILES string of the molecule is O=C1Nc2ccccc2Oc2cc(NCc3ccccc3)c(S(=O)(=O)N3CCCC3)cc21. The Morgan fingerprint density at radius 2 is 1.66 bits per heavy atom. The van der Waals surface area contributed by atoms with E-state index in [0.29, 0.717) is 42.5 Å². The van der Waals surface area contributed by atoms with Crippen molar-refractivity contribution in [3.05, 3.63) is 77.9 Å². The lowest BCUT2D eigenvalue weighted by molar-refractivity contribution is 0.102. The molecule has 1 amide bonds. The second-order valence-corrected chi connectivity index (χ2v) is 9.75.